The first kappa shape index (κ1) is 12.5. The summed E-state index contributed by atoms with van der Waals surface area (Å²) >= 11 is 1.28. The minimum Gasteiger partial charge on any atom is -0.356 e. The lowest BCUT2D eigenvalue weighted by molar-refractivity contribution is -0.121. The summed E-state index contributed by atoms with van der Waals surface area (Å²) in [6, 6.07) is 0. The molecule has 0 saturated heterocycles. The van der Waals surface area contributed by atoms with Crippen LogP contribution in [0.25, 0.3) is 0 Å². The number of amides is 1. The third-order valence-electron chi connectivity index (χ3n) is 1.43. The Bertz CT molecular complexity index is 171. The normalized spacial score (nSPS) is 9.69. The Hall–Kier alpha value is -0.510. The van der Waals surface area contributed by atoms with Gasteiger partial charge in [-0.1, -0.05) is 18.7 Å². The fourth-order valence-electron chi connectivity index (χ4n) is 0.801. The Morgan fingerprint density at radius 2 is 2.08 bits per heavy atom. The van der Waals surface area contributed by atoms with Gasteiger partial charge < -0.3 is 5.32 Å². The topological polar surface area (TPSA) is 46.2 Å². The minimum absolute atomic E-state index is 0.0889. The summed E-state index contributed by atoms with van der Waals surface area (Å²) in [7, 11) is 0. The Labute approximate surface area is 83.7 Å². The molecule has 13 heavy (non-hydrogen) atoms. The van der Waals surface area contributed by atoms with Crippen LogP contribution in [0.4, 0.5) is 0 Å². The molecule has 0 saturated carbocycles. The Balaban J connectivity index is 3.22. The van der Waals surface area contributed by atoms with Crippen LogP contribution in [0, 0.1) is 0 Å². The number of nitrogens with one attached hydrogen (secondary N) is 1. The van der Waals surface area contributed by atoms with Gasteiger partial charge in [-0.25, -0.2) is 0 Å². The second-order valence-corrected chi connectivity index (χ2v) is 4.07. The quantitative estimate of drug-likeness (QED) is 0.667. The highest BCUT2D eigenvalue weighted by molar-refractivity contribution is 8.13. The summed E-state index contributed by atoms with van der Waals surface area (Å²) in [5, 5.41) is 2.91. The van der Waals surface area contributed by atoms with Crippen molar-refractivity contribution >= 4 is 22.8 Å². The SMILES string of the molecule is CCCNC(=O)CCCSC(C)=O. The van der Waals surface area contributed by atoms with E-state index >= 15 is 0 Å². The van der Waals surface area contributed by atoms with Crippen LogP contribution < -0.4 is 5.32 Å². The predicted octanol–water partition coefficient (Wildman–Crippen LogP) is 1.57. The molecular formula is C9H17NO2S. The zero-order chi connectivity index (χ0) is 10.1. The van der Waals surface area contributed by atoms with Gasteiger partial charge in [0.2, 0.25) is 5.91 Å². The lowest BCUT2D eigenvalue weighted by Gasteiger charge is -2.01. The van der Waals surface area contributed by atoms with E-state index in [0.29, 0.717) is 6.42 Å². The van der Waals surface area contributed by atoms with Crippen LogP contribution in [-0.4, -0.2) is 23.3 Å². The minimum atomic E-state index is 0.0889. The molecule has 0 aromatic heterocycles. The van der Waals surface area contributed by atoms with E-state index in [1.807, 2.05) is 6.92 Å². The van der Waals surface area contributed by atoms with Crippen molar-refractivity contribution in [2.24, 2.45) is 0 Å². The van der Waals surface area contributed by atoms with Crippen molar-refractivity contribution in [2.45, 2.75) is 33.1 Å². The van der Waals surface area contributed by atoms with E-state index in [1.165, 1.54) is 11.8 Å². The van der Waals surface area contributed by atoms with Gasteiger partial charge in [-0.2, -0.15) is 0 Å². The first-order chi connectivity index (χ1) is 6.16. The van der Waals surface area contributed by atoms with E-state index in [-0.39, 0.29) is 11.0 Å². The van der Waals surface area contributed by atoms with Gasteiger partial charge in [0.1, 0.15) is 0 Å². The number of carbonyl (C=O) groups is 2. The lowest BCUT2D eigenvalue weighted by Crippen LogP contribution is -2.23. The van der Waals surface area contributed by atoms with Crippen LogP contribution in [0.2, 0.25) is 0 Å². The molecule has 0 radical (unpaired) electrons. The highest BCUT2D eigenvalue weighted by Crippen LogP contribution is 2.04. The number of rotatable bonds is 6. The van der Waals surface area contributed by atoms with Gasteiger partial charge in [-0.15, -0.1) is 0 Å². The highest BCUT2D eigenvalue weighted by atomic mass is 32.2. The van der Waals surface area contributed by atoms with E-state index in [0.717, 1.165) is 25.1 Å². The van der Waals surface area contributed by atoms with Crippen LogP contribution in [0.5, 0.6) is 0 Å². The average Bonchev–Trinajstić information content (AvgIpc) is 2.08. The first-order valence-electron chi connectivity index (χ1n) is 4.57. The number of hydrogen-bond donors (Lipinski definition) is 1. The third kappa shape index (κ3) is 9.40. The number of thioether (sulfide) groups is 1. The smallest absolute Gasteiger partial charge is 0.220 e. The van der Waals surface area contributed by atoms with Crippen molar-refractivity contribution in [1.29, 1.82) is 0 Å². The molecule has 1 N–H and O–H groups in total. The molecule has 0 aromatic carbocycles. The Morgan fingerprint density at radius 1 is 1.38 bits per heavy atom. The van der Waals surface area contributed by atoms with E-state index in [9.17, 15) is 9.59 Å². The van der Waals surface area contributed by atoms with Gasteiger partial charge in [-0.05, 0) is 12.8 Å². The van der Waals surface area contributed by atoms with Gasteiger partial charge in [0, 0.05) is 25.6 Å². The monoisotopic (exact) mass is 203 g/mol. The second-order valence-electron chi connectivity index (χ2n) is 2.79. The molecule has 76 valence electrons. The van der Waals surface area contributed by atoms with Crippen LogP contribution in [0.3, 0.4) is 0 Å². The van der Waals surface area contributed by atoms with E-state index in [4.69, 9.17) is 0 Å². The summed E-state index contributed by atoms with van der Waals surface area (Å²) < 4.78 is 0. The Kier molecular flexibility index (Phi) is 7.79. The zero-order valence-corrected chi connectivity index (χ0v) is 9.08. The van der Waals surface area contributed by atoms with Gasteiger partial charge >= 0.3 is 0 Å². The molecule has 0 aliphatic heterocycles. The molecule has 0 fully saturated rings. The van der Waals surface area contributed by atoms with Crippen molar-refractivity contribution in [3.63, 3.8) is 0 Å². The largest absolute Gasteiger partial charge is 0.356 e. The van der Waals surface area contributed by atoms with Gasteiger partial charge in [0.05, 0.1) is 0 Å². The lowest BCUT2D eigenvalue weighted by atomic mass is 10.3. The average molecular weight is 203 g/mol. The molecule has 0 atom stereocenters. The second kappa shape index (κ2) is 8.10. The van der Waals surface area contributed by atoms with Crippen LogP contribution in [0.1, 0.15) is 33.1 Å². The zero-order valence-electron chi connectivity index (χ0n) is 8.26. The number of hydrogen-bond acceptors (Lipinski definition) is 3. The summed E-state index contributed by atoms with van der Waals surface area (Å²) in [6.45, 7) is 4.31. The molecule has 1 amide bonds. The molecule has 0 rings (SSSR count). The van der Waals surface area contributed by atoms with Crippen molar-refractivity contribution in [2.75, 3.05) is 12.3 Å². The predicted molar refractivity (Wildman–Crippen MR) is 55.7 cm³/mol. The van der Waals surface area contributed by atoms with Gasteiger partial charge in [0.15, 0.2) is 5.12 Å². The molecule has 0 aliphatic carbocycles. The Morgan fingerprint density at radius 3 is 2.62 bits per heavy atom. The summed E-state index contributed by atoms with van der Waals surface area (Å²) in [4.78, 5) is 21.6. The van der Waals surface area contributed by atoms with E-state index in [2.05, 4.69) is 5.32 Å². The fraction of sp³-hybridized carbons (Fsp3) is 0.778. The van der Waals surface area contributed by atoms with Crippen molar-refractivity contribution < 1.29 is 9.59 Å². The maximum Gasteiger partial charge on any atom is 0.220 e. The molecular weight excluding hydrogens is 186 g/mol. The fourth-order valence-corrected chi connectivity index (χ4v) is 1.38. The van der Waals surface area contributed by atoms with Gasteiger partial charge in [0.25, 0.3) is 0 Å². The van der Waals surface area contributed by atoms with Crippen LogP contribution in [0.15, 0.2) is 0 Å². The third-order valence-corrected chi connectivity index (χ3v) is 2.32. The highest BCUT2D eigenvalue weighted by Gasteiger charge is 2.00. The van der Waals surface area contributed by atoms with E-state index in [1.54, 1.807) is 6.92 Å². The first-order valence-corrected chi connectivity index (χ1v) is 5.55. The molecule has 0 spiro atoms. The maximum atomic E-state index is 11.0. The molecule has 0 heterocycles. The van der Waals surface area contributed by atoms with Crippen molar-refractivity contribution in [3.8, 4) is 0 Å². The van der Waals surface area contributed by atoms with Crippen LogP contribution >= 0.6 is 11.8 Å². The molecule has 0 unspecified atom stereocenters. The summed E-state index contributed by atoms with van der Waals surface area (Å²) in [6.07, 6.45) is 2.27. The molecule has 4 heteroatoms. The maximum absolute atomic E-state index is 11.0. The van der Waals surface area contributed by atoms with Gasteiger partial charge in [-0.3, -0.25) is 9.59 Å². The van der Waals surface area contributed by atoms with Crippen molar-refractivity contribution in [3.05, 3.63) is 0 Å². The number of carbonyl (C=O) groups excluding carboxylic acids is 2. The van der Waals surface area contributed by atoms with E-state index < -0.39 is 0 Å². The summed E-state index contributed by atoms with van der Waals surface area (Å²) in [5.41, 5.74) is 0. The standard InChI is InChI=1S/C9H17NO2S/c1-3-6-10-9(12)5-4-7-13-8(2)11/h3-7H2,1-2H3,(H,10,12). The van der Waals surface area contributed by atoms with Crippen molar-refractivity contribution in [1.82, 2.24) is 5.32 Å². The molecule has 0 aromatic rings. The summed E-state index contributed by atoms with van der Waals surface area (Å²) in [5.74, 6) is 0.834. The molecule has 0 aliphatic rings. The molecule has 0 bridgehead atoms. The van der Waals surface area contributed by atoms with Crippen LogP contribution in [-0.2, 0) is 9.59 Å². The molecule has 3 nitrogen and oxygen atoms in total.